The molecule has 0 aliphatic heterocycles. The molecule has 0 spiro atoms. The van der Waals surface area contributed by atoms with E-state index in [4.69, 9.17) is 0 Å². The molecule has 19 aromatic rings. The Balaban J connectivity index is 0.000000132. The Morgan fingerprint density at radius 3 is 0.920 bits per heavy atom. The number of fused-ring (bicyclic) bond motifs is 16. The molecule has 0 atom stereocenters. The lowest BCUT2D eigenvalue weighted by Crippen LogP contribution is -1.96. The van der Waals surface area contributed by atoms with Crippen molar-refractivity contribution >= 4 is 120 Å². The summed E-state index contributed by atoms with van der Waals surface area (Å²) in [4.78, 5) is 0. The topological polar surface area (TPSA) is 19.7 Å². The first kappa shape index (κ1) is 49.7. The van der Waals surface area contributed by atoms with E-state index in [2.05, 4.69) is 346 Å². The number of benzene rings is 15. The van der Waals surface area contributed by atoms with Gasteiger partial charge >= 0.3 is 0 Å². The van der Waals surface area contributed by atoms with Crippen molar-refractivity contribution in [2.75, 3.05) is 0 Å². The number of aromatic nitrogens is 4. The van der Waals surface area contributed by atoms with E-state index in [1.165, 1.54) is 153 Å². The maximum Gasteiger partial charge on any atom is 0.0562 e. The van der Waals surface area contributed by atoms with Crippen LogP contribution in [0.4, 0.5) is 0 Å². The Morgan fingerprint density at radius 2 is 0.466 bits per heavy atom. The van der Waals surface area contributed by atoms with Gasteiger partial charge in [-0.1, -0.05) is 218 Å². The summed E-state index contributed by atoms with van der Waals surface area (Å²) in [6.07, 6.45) is 0. The molecule has 19 rings (SSSR count). The molecule has 0 N–H and O–H groups in total. The van der Waals surface area contributed by atoms with Crippen LogP contribution in [0.15, 0.2) is 328 Å². The largest absolute Gasteiger partial charge is 0.309 e. The van der Waals surface area contributed by atoms with Crippen LogP contribution in [-0.4, -0.2) is 18.3 Å². The van der Waals surface area contributed by atoms with Crippen molar-refractivity contribution < 1.29 is 0 Å². The van der Waals surface area contributed by atoms with Gasteiger partial charge in [-0.3, -0.25) is 0 Å². The molecule has 15 aromatic carbocycles. The van der Waals surface area contributed by atoms with E-state index in [1.54, 1.807) is 0 Å². The Labute approximate surface area is 507 Å². The normalized spacial score (nSPS) is 11.9. The number of para-hydroxylation sites is 5. The minimum absolute atomic E-state index is 1.16. The highest BCUT2D eigenvalue weighted by Crippen LogP contribution is 2.44. The molecule has 0 aliphatic rings. The van der Waals surface area contributed by atoms with Crippen LogP contribution < -0.4 is 0 Å². The molecule has 0 bridgehead atoms. The van der Waals surface area contributed by atoms with Gasteiger partial charge in [0.1, 0.15) is 0 Å². The molecule has 0 amide bonds. The van der Waals surface area contributed by atoms with Crippen LogP contribution in [-0.2, 0) is 0 Å². The van der Waals surface area contributed by atoms with Gasteiger partial charge in [-0.15, -0.1) is 0 Å². The van der Waals surface area contributed by atoms with Crippen molar-refractivity contribution in [3.05, 3.63) is 328 Å². The number of hydrogen-bond acceptors (Lipinski definition) is 0. The number of rotatable bonds is 6. The lowest BCUT2D eigenvalue weighted by atomic mass is 10.0. The van der Waals surface area contributed by atoms with E-state index >= 15 is 0 Å². The highest BCUT2D eigenvalue weighted by molar-refractivity contribution is 6.26. The number of hydrogen-bond donors (Lipinski definition) is 0. The van der Waals surface area contributed by atoms with E-state index in [9.17, 15) is 0 Å². The first-order chi connectivity index (χ1) is 43.6. The van der Waals surface area contributed by atoms with Gasteiger partial charge < -0.3 is 18.3 Å². The minimum Gasteiger partial charge on any atom is -0.309 e. The van der Waals surface area contributed by atoms with Crippen molar-refractivity contribution in [3.63, 3.8) is 0 Å². The van der Waals surface area contributed by atoms with Crippen LogP contribution in [0.1, 0.15) is 0 Å². The zero-order valence-electron chi connectivity index (χ0n) is 48.0. The number of nitrogens with zero attached hydrogens (tertiary/aromatic N) is 4. The summed E-state index contributed by atoms with van der Waals surface area (Å²) in [5, 5.41) is 17.8. The SMILES string of the molecule is c1ccc(-n2c3cc4c(cc3c3c5ccccc5ccc32)c2ccccc2n4-c2ccc(-c3ccc4ccccc4c3)cc2)cc1.c1ccc(-n2c3ccccc3c3cc4c5ccccc5n(-c5ccc(-c6ccc7ccccc7c6)cc5)c4cc32)cc1. The first-order valence-electron chi connectivity index (χ1n) is 30.3. The van der Waals surface area contributed by atoms with Gasteiger partial charge in [0.2, 0.25) is 0 Å². The monoisotopic (exact) mass is 1120 g/mol. The summed E-state index contributed by atoms with van der Waals surface area (Å²) >= 11 is 0. The second kappa shape index (κ2) is 20.0. The zero-order valence-corrected chi connectivity index (χ0v) is 48.0. The van der Waals surface area contributed by atoms with Gasteiger partial charge in [0, 0.05) is 65.8 Å². The lowest BCUT2D eigenvalue weighted by molar-refractivity contribution is 1.16. The zero-order chi connectivity index (χ0) is 57.8. The van der Waals surface area contributed by atoms with Crippen molar-refractivity contribution in [2.45, 2.75) is 0 Å². The van der Waals surface area contributed by atoms with Gasteiger partial charge in [0.05, 0.1) is 44.1 Å². The predicted octanol–water partition coefficient (Wildman–Crippen LogP) is 22.6. The molecule has 0 fully saturated rings. The Bertz CT molecular complexity index is 5960. The fourth-order valence-corrected chi connectivity index (χ4v) is 14.3. The quantitative estimate of drug-likeness (QED) is 0.158. The van der Waals surface area contributed by atoms with E-state index in [0.29, 0.717) is 0 Å². The van der Waals surface area contributed by atoms with E-state index in [0.717, 1.165) is 11.4 Å². The molecule has 4 nitrogen and oxygen atoms in total. The molecule has 0 unspecified atom stereocenters. The average molecular weight is 1120 g/mol. The Hall–Kier alpha value is -11.7. The fourth-order valence-electron chi connectivity index (χ4n) is 14.3. The summed E-state index contributed by atoms with van der Waals surface area (Å²) in [7, 11) is 0. The van der Waals surface area contributed by atoms with Crippen molar-refractivity contribution in [1.82, 2.24) is 18.3 Å². The van der Waals surface area contributed by atoms with Gasteiger partial charge in [0.25, 0.3) is 0 Å². The van der Waals surface area contributed by atoms with Crippen LogP contribution in [0.25, 0.3) is 165 Å². The maximum absolute atomic E-state index is 2.43. The van der Waals surface area contributed by atoms with Gasteiger partial charge in [-0.05, 0) is 164 Å². The molecule has 0 aliphatic carbocycles. The van der Waals surface area contributed by atoms with Crippen molar-refractivity contribution in [2.24, 2.45) is 0 Å². The Kier molecular flexibility index (Phi) is 11.3. The Morgan fingerprint density at radius 1 is 0.148 bits per heavy atom. The fraction of sp³-hybridized carbons (Fsp3) is 0. The van der Waals surface area contributed by atoms with Crippen LogP contribution in [0, 0.1) is 0 Å². The molecule has 88 heavy (non-hydrogen) atoms. The summed E-state index contributed by atoms with van der Waals surface area (Å²) in [5.41, 5.74) is 19.3. The van der Waals surface area contributed by atoms with Crippen LogP contribution in [0.5, 0.6) is 0 Å². The molecule has 0 saturated heterocycles. The van der Waals surface area contributed by atoms with E-state index in [-0.39, 0.29) is 0 Å². The standard InChI is InChI=1S/C44H28N2.C40H26N2/c1-2-13-34(14-3-1)46-41-25-22-31-11-6-7-15-36(31)44(41)39-27-38-37-16-8-9-17-40(37)45(42(38)28-43(39)46)35-23-20-30(21-24-35)33-19-18-29-10-4-5-12-32(29)26-33;1-2-12-31(13-3-1)41-37-16-8-6-14-33(37)35-25-36-34-15-7-9-17-38(34)42(40(36)26-39(35)41)32-22-20-28(21-23-32)30-19-18-27-10-4-5-11-29(27)24-30/h1-28H;1-26H. The lowest BCUT2D eigenvalue weighted by Gasteiger charge is -2.11. The van der Waals surface area contributed by atoms with E-state index in [1.807, 2.05) is 0 Å². The second-order valence-electron chi connectivity index (χ2n) is 23.2. The van der Waals surface area contributed by atoms with Gasteiger partial charge in [0.15, 0.2) is 0 Å². The third-order valence-corrected chi connectivity index (χ3v) is 18.4. The molecular weight excluding hydrogens is 1060 g/mol. The molecule has 4 aromatic heterocycles. The van der Waals surface area contributed by atoms with Crippen LogP contribution in [0.3, 0.4) is 0 Å². The first-order valence-corrected chi connectivity index (χ1v) is 30.3. The predicted molar refractivity (Wildman–Crippen MR) is 374 cm³/mol. The summed E-state index contributed by atoms with van der Waals surface area (Å²) in [6, 6.07) is 119. The molecule has 0 saturated carbocycles. The molecule has 4 heterocycles. The minimum atomic E-state index is 1.16. The summed E-state index contributed by atoms with van der Waals surface area (Å²) in [5.74, 6) is 0. The van der Waals surface area contributed by atoms with Gasteiger partial charge in [-0.2, -0.15) is 0 Å². The summed E-state index contributed by atoms with van der Waals surface area (Å²) in [6.45, 7) is 0. The third kappa shape index (κ3) is 7.86. The molecule has 4 heteroatoms. The maximum atomic E-state index is 2.43. The second-order valence-corrected chi connectivity index (χ2v) is 23.2. The highest BCUT2D eigenvalue weighted by Gasteiger charge is 2.22. The van der Waals surface area contributed by atoms with Gasteiger partial charge in [-0.25, -0.2) is 0 Å². The van der Waals surface area contributed by atoms with E-state index < -0.39 is 0 Å². The van der Waals surface area contributed by atoms with Crippen molar-refractivity contribution in [1.29, 1.82) is 0 Å². The highest BCUT2D eigenvalue weighted by atomic mass is 15.0. The molecular formula is C84H54N4. The summed E-state index contributed by atoms with van der Waals surface area (Å²) < 4.78 is 9.68. The third-order valence-electron chi connectivity index (χ3n) is 18.4. The smallest absolute Gasteiger partial charge is 0.0562 e. The molecule has 410 valence electrons. The average Bonchev–Trinajstić information content (AvgIpc) is 1.70. The molecule has 0 radical (unpaired) electrons. The van der Waals surface area contributed by atoms with Crippen LogP contribution >= 0.6 is 0 Å². The van der Waals surface area contributed by atoms with Crippen molar-refractivity contribution in [3.8, 4) is 45.0 Å². The van der Waals surface area contributed by atoms with Crippen LogP contribution in [0.2, 0.25) is 0 Å².